The summed E-state index contributed by atoms with van der Waals surface area (Å²) in [5.74, 6) is 0.130. The van der Waals surface area contributed by atoms with Crippen molar-refractivity contribution in [2.45, 2.75) is 42.3 Å². The number of carbonyl (C=O) groups excluding carboxylic acids is 2. The molecule has 2 heterocycles. The van der Waals surface area contributed by atoms with Gasteiger partial charge >= 0.3 is 0 Å². The first-order chi connectivity index (χ1) is 14.0. The van der Waals surface area contributed by atoms with E-state index in [9.17, 15) is 9.59 Å². The van der Waals surface area contributed by atoms with Gasteiger partial charge in [0, 0.05) is 44.8 Å². The van der Waals surface area contributed by atoms with Gasteiger partial charge in [-0.2, -0.15) is 0 Å². The van der Waals surface area contributed by atoms with Crippen LogP contribution in [0.25, 0.3) is 0 Å². The van der Waals surface area contributed by atoms with Crippen LogP contribution in [-0.2, 0) is 9.59 Å². The molecule has 1 aromatic carbocycles. The Morgan fingerprint density at radius 3 is 2.45 bits per heavy atom. The van der Waals surface area contributed by atoms with Gasteiger partial charge in [-0.3, -0.25) is 14.5 Å². The minimum atomic E-state index is -0.231. The van der Waals surface area contributed by atoms with Crippen molar-refractivity contribution in [3.63, 3.8) is 0 Å². The Balaban J connectivity index is 1.32. The fourth-order valence-electron chi connectivity index (χ4n) is 3.51. The number of benzene rings is 1. The predicted octanol–water partition coefficient (Wildman–Crippen LogP) is 2.88. The van der Waals surface area contributed by atoms with Crippen LogP contribution in [-0.4, -0.2) is 64.4 Å². The summed E-state index contributed by atoms with van der Waals surface area (Å²) in [6.07, 6.45) is 2.04. The van der Waals surface area contributed by atoms with Crippen molar-refractivity contribution in [2.24, 2.45) is 0 Å². The average Bonchev–Trinajstić information content (AvgIpc) is 3.46. The van der Waals surface area contributed by atoms with Gasteiger partial charge in [0.25, 0.3) is 0 Å². The van der Waals surface area contributed by atoms with Crippen molar-refractivity contribution in [3.05, 3.63) is 30.3 Å². The van der Waals surface area contributed by atoms with E-state index < -0.39 is 0 Å². The second kappa shape index (κ2) is 8.71. The van der Waals surface area contributed by atoms with Crippen molar-refractivity contribution >= 4 is 45.7 Å². The Hall–Kier alpha value is -2.13. The number of piperazine rings is 1. The molecule has 7 nitrogen and oxygen atoms in total. The van der Waals surface area contributed by atoms with Gasteiger partial charge in [0.05, 0.1) is 5.25 Å². The van der Waals surface area contributed by atoms with Gasteiger partial charge in [-0.25, -0.2) is 0 Å². The molecular formula is C20H25N5O2S2. The van der Waals surface area contributed by atoms with Gasteiger partial charge in [-0.1, -0.05) is 41.3 Å². The topological polar surface area (TPSA) is 69.6 Å². The molecule has 0 spiro atoms. The minimum absolute atomic E-state index is 0.000567. The molecule has 0 radical (unpaired) electrons. The molecule has 1 aliphatic carbocycles. The van der Waals surface area contributed by atoms with Crippen LogP contribution in [0.5, 0.6) is 0 Å². The van der Waals surface area contributed by atoms with E-state index in [1.165, 1.54) is 28.8 Å². The second-order valence-corrected chi connectivity index (χ2v) is 9.92. The van der Waals surface area contributed by atoms with Gasteiger partial charge in [0.1, 0.15) is 0 Å². The van der Waals surface area contributed by atoms with Crippen LogP contribution in [0.15, 0.2) is 34.7 Å². The molecule has 154 valence electrons. The van der Waals surface area contributed by atoms with Crippen molar-refractivity contribution in [2.75, 3.05) is 36.0 Å². The number of anilines is 2. The highest BCUT2D eigenvalue weighted by atomic mass is 32.2. The SMILES string of the molecule is CC(=O)N(c1nnc(SC(C)C(=O)N2CCN(c3ccccc3)CC2)s1)C1CC1. The fourth-order valence-corrected chi connectivity index (χ4v) is 5.70. The standard InChI is InChI=1S/C20H25N5O2S2/c1-14(28-20-22-21-19(29-20)25(15(2)26)17-8-9-17)18(27)24-12-10-23(11-13-24)16-6-4-3-5-7-16/h3-7,14,17H,8-13H2,1-2H3. The number of hydrogen-bond donors (Lipinski definition) is 0. The van der Waals surface area contributed by atoms with Crippen LogP contribution in [0.2, 0.25) is 0 Å². The smallest absolute Gasteiger partial charge is 0.235 e. The Kier molecular flexibility index (Phi) is 6.05. The van der Waals surface area contributed by atoms with Crippen molar-refractivity contribution in [1.29, 1.82) is 0 Å². The zero-order valence-electron chi connectivity index (χ0n) is 16.7. The summed E-state index contributed by atoms with van der Waals surface area (Å²) in [6.45, 7) is 6.60. The molecule has 2 aromatic rings. The highest BCUT2D eigenvalue weighted by molar-refractivity contribution is 8.02. The summed E-state index contributed by atoms with van der Waals surface area (Å²) < 4.78 is 0.732. The van der Waals surface area contributed by atoms with Gasteiger partial charge in [0.15, 0.2) is 4.34 Å². The summed E-state index contributed by atoms with van der Waals surface area (Å²) in [5.41, 5.74) is 1.20. The van der Waals surface area contributed by atoms with Gasteiger partial charge < -0.3 is 9.80 Å². The second-order valence-electron chi connectivity index (χ2n) is 7.38. The number of amides is 2. The molecule has 0 N–H and O–H groups in total. The van der Waals surface area contributed by atoms with Crippen molar-refractivity contribution < 1.29 is 9.59 Å². The van der Waals surface area contributed by atoms with Gasteiger partial charge in [0.2, 0.25) is 16.9 Å². The first-order valence-corrected chi connectivity index (χ1v) is 11.6. The predicted molar refractivity (Wildman–Crippen MR) is 117 cm³/mol. The monoisotopic (exact) mass is 431 g/mol. The van der Waals surface area contributed by atoms with E-state index >= 15 is 0 Å². The number of nitrogens with zero attached hydrogens (tertiary/aromatic N) is 5. The van der Waals surface area contributed by atoms with E-state index in [4.69, 9.17) is 0 Å². The maximum Gasteiger partial charge on any atom is 0.235 e. The summed E-state index contributed by atoms with van der Waals surface area (Å²) >= 11 is 2.82. The molecule has 9 heteroatoms. The van der Waals surface area contributed by atoms with Gasteiger partial charge in [-0.05, 0) is 31.9 Å². The number of para-hydroxylation sites is 1. The maximum atomic E-state index is 12.9. The first-order valence-electron chi connectivity index (χ1n) is 9.91. The number of aromatic nitrogens is 2. The fraction of sp³-hybridized carbons (Fsp3) is 0.500. The molecule has 1 aliphatic heterocycles. The molecule has 2 fully saturated rings. The molecule has 1 aromatic heterocycles. The van der Waals surface area contributed by atoms with E-state index in [1.807, 2.05) is 30.0 Å². The zero-order chi connectivity index (χ0) is 20.4. The minimum Gasteiger partial charge on any atom is -0.368 e. The van der Waals surface area contributed by atoms with E-state index in [-0.39, 0.29) is 23.1 Å². The van der Waals surface area contributed by atoms with Crippen LogP contribution < -0.4 is 9.80 Å². The molecule has 29 heavy (non-hydrogen) atoms. The van der Waals surface area contributed by atoms with Crippen LogP contribution in [0.4, 0.5) is 10.8 Å². The van der Waals surface area contributed by atoms with Crippen LogP contribution in [0.3, 0.4) is 0 Å². The number of hydrogen-bond acceptors (Lipinski definition) is 7. The largest absolute Gasteiger partial charge is 0.368 e. The lowest BCUT2D eigenvalue weighted by molar-refractivity contribution is -0.130. The lowest BCUT2D eigenvalue weighted by Gasteiger charge is -2.37. The molecule has 1 unspecified atom stereocenters. The first kappa shape index (κ1) is 20.2. The normalized spacial score (nSPS) is 17.9. The van der Waals surface area contributed by atoms with E-state index in [1.54, 1.807) is 11.8 Å². The molecule has 1 saturated heterocycles. The molecule has 2 aliphatic rings. The lowest BCUT2D eigenvalue weighted by Crippen LogP contribution is -2.50. The molecule has 0 bridgehead atoms. The van der Waals surface area contributed by atoms with Crippen molar-refractivity contribution in [3.8, 4) is 0 Å². The van der Waals surface area contributed by atoms with Crippen molar-refractivity contribution in [1.82, 2.24) is 15.1 Å². The third-order valence-electron chi connectivity index (χ3n) is 5.19. The van der Waals surface area contributed by atoms with E-state index in [2.05, 4.69) is 27.2 Å². The molecular weight excluding hydrogens is 406 g/mol. The van der Waals surface area contributed by atoms with Crippen LogP contribution in [0, 0.1) is 0 Å². The summed E-state index contributed by atoms with van der Waals surface area (Å²) in [4.78, 5) is 30.8. The number of thioether (sulfide) groups is 1. The summed E-state index contributed by atoms with van der Waals surface area (Å²) in [5, 5.41) is 8.80. The molecule has 4 rings (SSSR count). The maximum absolute atomic E-state index is 12.9. The van der Waals surface area contributed by atoms with E-state index in [0.717, 1.165) is 43.4 Å². The Bertz CT molecular complexity index is 863. The molecule has 1 saturated carbocycles. The third-order valence-corrected chi connectivity index (χ3v) is 7.29. The highest BCUT2D eigenvalue weighted by Crippen LogP contribution is 2.37. The quantitative estimate of drug-likeness (QED) is 0.517. The lowest BCUT2D eigenvalue weighted by atomic mass is 10.2. The average molecular weight is 432 g/mol. The van der Waals surface area contributed by atoms with Gasteiger partial charge in [-0.15, -0.1) is 10.2 Å². The Labute approximate surface area is 179 Å². The number of rotatable bonds is 6. The zero-order valence-corrected chi connectivity index (χ0v) is 18.3. The summed E-state index contributed by atoms with van der Waals surface area (Å²) in [6, 6.07) is 10.6. The third kappa shape index (κ3) is 4.72. The van der Waals surface area contributed by atoms with E-state index in [0.29, 0.717) is 5.13 Å². The molecule has 2 amide bonds. The summed E-state index contributed by atoms with van der Waals surface area (Å²) in [7, 11) is 0. The van der Waals surface area contributed by atoms with Crippen LogP contribution in [0.1, 0.15) is 26.7 Å². The molecule has 1 atom stereocenters. The Morgan fingerprint density at radius 2 is 1.83 bits per heavy atom. The number of carbonyl (C=O) groups is 2. The highest BCUT2D eigenvalue weighted by Gasteiger charge is 2.34. The Morgan fingerprint density at radius 1 is 1.14 bits per heavy atom. The van der Waals surface area contributed by atoms with Crippen LogP contribution >= 0.6 is 23.1 Å².